The summed E-state index contributed by atoms with van der Waals surface area (Å²) < 4.78 is 67.1. The summed E-state index contributed by atoms with van der Waals surface area (Å²) in [6.45, 7) is 3.05. The molecule has 15 heteroatoms. The van der Waals surface area contributed by atoms with E-state index in [-0.39, 0.29) is 6.29 Å². The van der Waals surface area contributed by atoms with Crippen molar-refractivity contribution in [3.8, 4) is 0 Å². The second kappa shape index (κ2) is 6.69. The van der Waals surface area contributed by atoms with E-state index in [0.29, 0.717) is 24.4 Å². The Kier molecular flexibility index (Phi) is 5.34. The Bertz CT molecular complexity index is 834. The number of hydrogen-bond acceptors (Lipinski definition) is 5. The van der Waals surface area contributed by atoms with Gasteiger partial charge in [0.05, 0.1) is 17.8 Å². The summed E-state index contributed by atoms with van der Waals surface area (Å²) in [7, 11) is -6.69. The summed E-state index contributed by atoms with van der Waals surface area (Å²) >= 11 is 0. The molecule has 3 heterocycles. The molecule has 1 atom stereocenters. The molecule has 0 radical (unpaired) electrons. The number of aromatic amines is 1. The summed E-state index contributed by atoms with van der Waals surface area (Å²) in [6, 6.07) is 3.52. The van der Waals surface area contributed by atoms with E-state index in [0.717, 1.165) is 17.6 Å². The molecule has 0 bridgehead atoms. The number of morpholine rings is 1. The van der Waals surface area contributed by atoms with Crippen molar-refractivity contribution < 1.29 is 34.5 Å². The number of rotatable bonds is 3. The average Bonchev–Trinajstić information content (AvgIpc) is 2.83. The first-order valence-corrected chi connectivity index (χ1v) is 9.69. The Morgan fingerprint density at radius 2 is 1.78 bits per heavy atom. The van der Waals surface area contributed by atoms with E-state index in [1.165, 1.54) is 0 Å². The van der Waals surface area contributed by atoms with Gasteiger partial charge >= 0.3 is 33.0 Å². The number of H-pyrrole nitrogens is 1. The fraction of sp³-hybridized carbons (Fsp3) is 0.583. The van der Waals surface area contributed by atoms with Gasteiger partial charge in [0.2, 0.25) is 6.29 Å². The normalized spacial score (nSPS) is 19.9. The Labute approximate surface area is 149 Å². The van der Waals surface area contributed by atoms with Gasteiger partial charge in [-0.25, -0.2) is 9.88 Å². The Balaban J connectivity index is 0.000000321. The third kappa shape index (κ3) is 7.05. The predicted molar refractivity (Wildman–Crippen MR) is 86.1 cm³/mol. The van der Waals surface area contributed by atoms with Gasteiger partial charge in [-0.2, -0.15) is 0 Å². The quantitative estimate of drug-likeness (QED) is 0.466. The predicted octanol–water partition coefficient (Wildman–Crippen LogP) is 3.01. The fourth-order valence-corrected chi connectivity index (χ4v) is 2.62. The van der Waals surface area contributed by atoms with Crippen molar-refractivity contribution in [2.45, 2.75) is 6.29 Å². The van der Waals surface area contributed by atoms with Crippen molar-refractivity contribution in [1.82, 2.24) is 24.7 Å². The second-order valence-electron chi connectivity index (χ2n) is 6.03. The summed E-state index contributed by atoms with van der Waals surface area (Å²) in [5, 5.41) is 2.82. The summed E-state index contributed by atoms with van der Waals surface area (Å²) in [5.41, 5.74) is 1.18. The minimum absolute atomic E-state index is 0.0912. The summed E-state index contributed by atoms with van der Waals surface area (Å²) in [6.07, 6.45) is 1.60. The zero-order valence-electron chi connectivity index (χ0n) is 14.4. The number of aromatic nitrogens is 4. The number of nitrogens with one attached hydrogen (secondary N) is 1. The SMILES string of the molecule is CN(C)C(N1CCOCC1)n1[nH][n+](=O)c2cccnc21.F[P-](F)(F)(F)(F)F. The van der Waals surface area contributed by atoms with Crippen molar-refractivity contribution in [2.75, 3.05) is 40.4 Å². The molecule has 0 saturated carbocycles. The average molecular weight is 424 g/mol. The first-order valence-electron chi connectivity index (χ1n) is 7.66. The molecule has 0 aromatic carbocycles. The molecular formula is C12H19F6N6O2P. The number of ether oxygens (including phenoxy) is 1. The summed E-state index contributed by atoms with van der Waals surface area (Å²) in [4.78, 5) is 20.6. The van der Waals surface area contributed by atoms with Crippen LogP contribution >= 0.6 is 7.81 Å². The summed E-state index contributed by atoms with van der Waals surface area (Å²) in [5.74, 6) is 0. The van der Waals surface area contributed by atoms with Crippen molar-refractivity contribution in [2.24, 2.45) is 0 Å². The van der Waals surface area contributed by atoms with Crippen LogP contribution in [0.5, 0.6) is 0 Å². The molecule has 8 nitrogen and oxygen atoms in total. The first kappa shape index (κ1) is 21.5. The minimum atomic E-state index is -10.7. The van der Waals surface area contributed by atoms with Gasteiger partial charge in [-0.1, -0.05) is 5.21 Å². The van der Waals surface area contributed by atoms with Gasteiger partial charge in [-0.15, -0.1) is 4.68 Å². The first-order chi connectivity index (χ1) is 12.1. The van der Waals surface area contributed by atoms with E-state index in [1.54, 1.807) is 23.0 Å². The van der Waals surface area contributed by atoms with E-state index < -0.39 is 7.81 Å². The van der Waals surface area contributed by atoms with Crippen LogP contribution in [0, 0.1) is 4.91 Å². The van der Waals surface area contributed by atoms with Crippen LogP contribution in [0.1, 0.15) is 6.29 Å². The number of halogens is 6. The van der Waals surface area contributed by atoms with Crippen LogP contribution in [0.3, 0.4) is 0 Å². The molecule has 0 spiro atoms. The fourth-order valence-electron chi connectivity index (χ4n) is 2.62. The van der Waals surface area contributed by atoms with Gasteiger partial charge in [-0.3, -0.25) is 4.90 Å². The molecule has 0 aliphatic carbocycles. The standard InChI is InChI=1S/C12H19N6O2.F6P/c1-15(2)12(16-6-8-20-9-7-16)17-11-10(18(19)14-17)4-3-5-13-11;1-7(2,3,4,5)6/h3-5,12H,6-9H2,1-2H3,(H,14,19);/q+1;-1. The van der Waals surface area contributed by atoms with Crippen LogP contribution in [0.2, 0.25) is 0 Å². The van der Waals surface area contributed by atoms with Crippen LogP contribution in [-0.2, 0) is 4.74 Å². The molecule has 1 aliphatic rings. The molecule has 1 saturated heterocycles. The molecule has 3 rings (SSSR count). The van der Waals surface area contributed by atoms with Gasteiger partial charge in [-0.05, 0) is 31.1 Å². The van der Waals surface area contributed by atoms with Crippen LogP contribution in [0.4, 0.5) is 25.2 Å². The second-order valence-corrected chi connectivity index (χ2v) is 7.94. The number of nitrogens with zero attached hydrogens (tertiary/aromatic N) is 5. The van der Waals surface area contributed by atoms with Gasteiger partial charge < -0.3 is 4.74 Å². The van der Waals surface area contributed by atoms with E-state index in [2.05, 4.69) is 20.0 Å². The molecule has 2 aromatic heterocycles. The van der Waals surface area contributed by atoms with Crippen LogP contribution in [0.25, 0.3) is 11.2 Å². The Hall–Kier alpha value is -1.76. The zero-order chi connectivity index (χ0) is 20.5. The van der Waals surface area contributed by atoms with E-state index in [1.807, 2.05) is 14.1 Å². The van der Waals surface area contributed by atoms with Crippen LogP contribution in [-0.4, -0.2) is 65.1 Å². The zero-order valence-corrected chi connectivity index (χ0v) is 15.3. The van der Waals surface area contributed by atoms with Crippen molar-refractivity contribution in [3.05, 3.63) is 23.2 Å². The Morgan fingerprint density at radius 1 is 1.22 bits per heavy atom. The maximum absolute atomic E-state index is 11.9. The molecule has 1 aliphatic heterocycles. The van der Waals surface area contributed by atoms with E-state index >= 15 is 0 Å². The topological polar surface area (TPSA) is 72.3 Å². The molecule has 1 fully saturated rings. The van der Waals surface area contributed by atoms with Gasteiger partial charge in [0, 0.05) is 19.3 Å². The van der Waals surface area contributed by atoms with E-state index in [9.17, 15) is 30.1 Å². The monoisotopic (exact) mass is 424 g/mol. The molecule has 0 amide bonds. The number of fused-ring (bicyclic) bond motifs is 1. The molecular weight excluding hydrogens is 405 g/mol. The van der Waals surface area contributed by atoms with Gasteiger partial charge in [0.1, 0.15) is 0 Å². The molecule has 27 heavy (non-hydrogen) atoms. The van der Waals surface area contributed by atoms with Crippen molar-refractivity contribution in [1.29, 1.82) is 0 Å². The molecule has 156 valence electrons. The van der Waals surface area contributed by atoms with Crippen LogP contribution < -0.4 is 4.54 Å². The Morgan fingerprint density at radius 3 is 2.30 bits per heavy atom. The van der Waals surface area contributed by atoms with Gasteiger partial charge in [0.15, 0.2) is 0 Å². The third-order valence-corrected chi connectivity index (χ3v) is 3.48. The molecule has 2 aromatic rings. The van der Waals surface area contributed by atoms with Crippen molar-refractivity contribution in [3.63, 3.8) is 0 Å². The molecule has 1 N–H and O–H groups in total. The van der Waals surface area contributed by atoms with Crippen molar-refractivity contribution >= 4 is 19.0 Å². The number of pyridine rings is 1. The van der Waals surface area contributed by atoms with Gasteiger partial charge in [0.25, 0.3) is 11.2 Å². The maximum atomic E-state index is 11.9. The number of hydrogen-bond donors (Lipinski definition) is 1. The van der Waals surface area contributed by atoms with E-state index in [4.69, 9.17) is 4.74 Å². The van der Waals surface area contributed by atoms with Crippen LogP contribution in [0.15, 0.2) is 18.3 Å². The third-order valence-electron chi connectivity index (χ3n) is 3.48. The molecule has 1 unspecified atom stereocenters.